The number of methoxy groups -OCH3 is 1. The molecule has 2 aliphatic heterocycles. The summed E-state index contributed by atoms with van der Waals surface area (Å²) in [5.41, 5.74) is -0.534. The van der Waals surface area contributed by atoms with Crippen molar-refractivity contribution in [3.8, 4) is 0 Å². The van der Waals surface area contributed by atoms with E-state index in [1.807, 2.05) is 12.2 Å². The van der Waals surface area contributed by atoms with Gasteiger partial charge in [-0.05, 0) is 6.42 Å². The number of fused-ring (bicyclic) bond motifs is 2. The zero-order chi connectivity index (χ0) is 10.9. The van der Waals surface area contributed by atoms with Crippen molar-refractivity contribution in [2.24, 2.45) is 0 Å². The topological polar surface area (TPSA) is 52.6 Å². The fraction of sp³-hybridized carbons (Fsp3) is 0.636. The van der Waals surface area contributed by atoms with E-state index in [1.54, 1.807) is 0 Å². The van der Waals surface area contributed by atoms with Gasteiger partial charge < -0.3 is 9.47 Å². The van der Waals surface area contributed by atoms with Crippen LogP contribution in [0.15, 0.2) is 12.2 Å². The van der Waals surface area contributed by atoms with Gasteiger partial charge >= 0.3 is 5.97 Å². The smallest absolute Gasteiger partial charge is 0.305 e. The van der Waals surface area contributed by atoms with Crippen LogP contribution in [0.3, 0.4) is 0 Å². The van der Waals surface area contributed by atoms with Crippen molar-refractivity contribution >= 4 is 11.8 Å². The van der Waals surface area contributed by atoms with E-state index >= 15 is 0 Å². The molecule has 0 amide bonds. The Morgan fingerprint density at radius 1 is 1.73 bits per heavy atom. The normalized spacial score (nSPS) is 33.1. The fourth-order valence-corrected chi connectivity index (χ4v) is 2.15. The summed E-state index contributed by atoms with van der Waals surface area (Å²) in [4.78, 5) is 22.4. The summed E-state index contributed by atoms with van der Waals surface area (Å²) in [5.74, 6) is -0.0519. The minimum Gasteiger partial charge on any atom is -0.469 e. The summed E-state index contributed by atoms with van der Waals surface area (Å²) >= 11 is 0. The second-order valence-corrected chi connectivity index (χ2v) is 4.08. The van der Waals surface area contributed by atoms with Crippen molar-refractivity contribution < 1.29 is 19.1 Å². The van der Waals surface area contributed by atoms with Gasteiger partial charge in [0.1, 0.15) is 5.78 Å². The Kier molecular flexibility index (Phi) is 2.61. The molecule has 2 atom stereocenters. The number of Topliss-reactive ketones (excluding diaryl/α,β-unsaturated/α-hetero) is 1. The van der Waals surface area contributed by atoms with Gasteiger partial charge in [0.25, 0.3) is 0 Å². The van der Waals surface area contributed by atoms with Gasteiger partial charge in [-0.2, -0.15) is 0 Å². The van der Waals surface area contributed by atoms with Crippen molar-refractivity contribution in [1.29, 1.82) is 0 Å². The lowest BCUT2D eigenvalue weighted by molar-refractivity contribution is -0.146. The molecule has 2 heterocycles. The maximum Gasteiger partial charge on any atom is 0.305 e. The molecule has 0 saturated carbocycles. The van der Waals surface area contributed by atoms with Crippen LogP contribution in [0.5, 0.6) is 0 Å². The standard InChI is InChI=1S/C11H14O4/c1-14-10(13)3-5-11-4-2-9(15-11)6-8(12)7-11/h2,4,9H,3,5-7H2,1H3. The molecule has 82 valence electrons. The maximum atomic E-state index is 11.4. The Morgan fingerprint density at radius 3 is 3.27 bits per heavy atom. The molecule has 0 aromatic carbocycles. The second kappa shape index (κ2) is 3.77. The molecule has 1 saturated heterocycles. The molecule has 2 unspecified atom stereocenters. The maximum absolute atomic E-state index is 11.4. The summed E-state index contributed by atoms with van der Waals surface area (Å²) < 4.78 is 10.3. The summed E-state index contributed by atoms with van der Waals surface area (Å²) in [6.07, 6.45) is 5.43. The lowest BCUT2D eigenvalue weighted by Crippen LogP contribution is -2.38. The zero-order valence-corrected chi connectivity index (χ0v) is 8.69. The molecule has 0 radical (unpaired) electrons. The molecule has 0 N–H and O–H groups in total. The summed E-state index contributed by atoms with van der Waals surface area (Å²) in [7, 11) is 1.36. The Morgan fingerprint density at radius 2 is 2.53 bits per heavy atom. The van der Waals surface area contributed by atoms with Gasteiger partial charge in [-0.25, -0.2) is 0 Å². The number of rotatable bonds is 3. The highest BCUT2D eigenvalue weighted by Crippen LogP contribution is 2.37. The zero-order valence-electron chi connectivity index (χ0n) is 8.69. The molecule has 0 spiro atoms. The van der Waals surface area contributed by atoms with Crippen molar-refractivity contribution in [1.82, 2.24) is 0 Å². The van der Waals surface area contributed by atoms with Gasteiger partial charge in [0.15, 0.2) is 0 Å². The van der Waals surface area contributed by atoms with Crippen LogP contribution < -0.4 is 0 Å². The largest absolute Gasteiger partial charge is 0.469 e. The summed E-state index contributed by atoms with van der Waals surface area (Å²) in [5, 5.41) is 0. The number of hydrogen-bond acceptors (Lipinski definition) is 4. The second-order valence-electron chi connectivity index (χ2n) is 4.08. The van der Waals surface area contributed by atoms with Crippen LogP contribution >= 0.6 is 0 Å². The molecule has 2 bridgehead atoms. The summed E-state index contributed by atoms with van der Waals surface area (Å²) in [6, 6.07) is 0. The monoisotopic (exact) mass is 210 g/mol. The molecular weight excluding hydrogens is 196 g/mol. The van der Waals surface area contributed by atoms with Crippen LogP contribution in [0.25, 0.3) is 0 Å². The van der Waals surface area contributed by atoms with Crippen molar-refractivity contribution in [3.63, 3.8) is 0 Å². The minimum atomic E-state index is -0.534. The van der Waals surface area contributed by atoms with E-state index in [1.165, 1.54) is 7.11 Å². The Balaban J connectivity index is 1.98. The first-order chi connectivity index (χ1) is 7.13. The van der Waals surface area contributed by atoms with Crippen molar-refractivity contribution in [2.45, 2.75) is 37.4 Å². The molecule has 0 aliphatic carbocycles. The number of esters is 1. The molecule has 4 heteroatoms. The number of ether oxygens (including phenoxy) is 2. The predicted octanol–water partition coefficient (Wildman–Crippen LogP) is 0.996. The van der Waals surface area contributed by atoms with Gasteiger partial charge in [-0.1, -0.05) is 12.2 Å². The fourth-order valence-electron chi connectivity index (χ4n) is 2.15. The molecule has 0 aromatic rings. The quantitative estimate of drug-likeness (QED) is 0.515. The van der Waals surface area contributed by atoms with E-state index in [0.29, 0.717) is 25.7 Å². The van der Waals surface area contributed by atoms with Crippen LogP contribution in [-0.4, -0.2) is 30.6 Å². The van der Waals surface area contributed by atoms with Crippen LogP contribution in [0.4, 0.5) is 0 Å². The van der Waals surface area contributed by atoms with E-state index < -0.39 is 5.60 Å². The van der Waals surface area contributed by atoms with Gasteiger partial charge in [0.2, 0.25) is 0 Å². The van der Waals surface area contributed by atoms with Gasteiger partial charge in [-0.15, -0.1) is 0 Å². The third-order valence-corrected chi connectivity index (χ3v) is 2.91. The average Bonchev–Trinajstić information content (AvgIpc) is 2.52. The highest BCUT2D eigenvalue weighted by molar-refractivity contribution is 5.82. The van der Waals surface area contributed by atoms with E-state index in [4.69, 9.17) is 4.74 Å². The minimum absolute atomic E-state index is 0.0797. The lowest BCUT2D eigenvalue weighted by Gasteiger charge is -2.32. The highest BCUT2D eigenvalue weighted by Gasteiger charge is 2.42. The first-order valence-corrected chi connectivity index (χ1v) is 5.09. The Hall–Kier alpha value is -1.16. The van der Waals surface area contributed by atoms with Crippen LogP contribution in [0.2, 0.25) is 0 Å². The third kappa shape index (κ3) is 2.09. The van der Waals surface area contributed by atoms with E-state index in [0.717, 1.165) is 0 Å². The highest BCUT2D eigenvalue weighted by atomic mass is 16.5. The Labute approximate surface area is 88.2 Å². The van der Waals surface area contributed by atoms with Crippen molar-refractivity contribution in [2.75, 3.05) is 7.11 Å². The van der Waals surface area contributed by atoms with E-state index in [2.05, 4.69) is 4.74 Å². The van der Waals surface area contributed by atoms with Crippen LogP contribution in [0, 0.1) is 0 Å². The van der Waals surface area contributed by atoms with E-state index in [9.17, 15) is 9.59 Å². The average molecular weight is 210 g/mol. The molecular formula is C11H14O4. The lowest BCUT2D eigenvalue weighted by atomic mass is 9.90. The van der Waals surface area contributed by atoms with Crippen LogP contribution in [0.1, 0.15) is 25.7 Å². The first-order valence-electron chi connectivity index (χ1n) is 5.09. The number of carbonyl (C=O) groups excluding carboxylic acids is 2. The number of carbonyl (C=O) groups is 2. The van der Waals surface area contributed by atoms with Gasteiger partial charge in [0.05, 0.1) is 18.8 Å². The molecule has 2 rings (SSSR count). The molecule has 4 nitrogen and oxygen atoms in total. The molecule has 1 fully saturated rings. The third-order valence-electron chi connectivity index (χ3n) is 2.91. The van der Waals surface area contributed by atoms with Crippen LogP contribution in [-0.2, 0) is 19.1 Å². The number of ketones is 1. The number of hydrogen-bond donors (Lipinski definition) is 0. The predicted molar refractivity (Wildman–Crippen MR) is 52.2 cm³/mol. The van der Waals surface area contributed by atoms with Gasteiger partial charge in [0, 0.05) is 19.3 Å². The summed E-state index contributed by atoms with van der Waals surface area (Å²) in [6.45, 7) is 0. The van der Waals surface area contributed by atoms with Gasteiger partial charge in [-0.3, -0.25) is 9.59 Å². The molecule has 15 heavy (non-hydrogen) atoms. The van der Waals surface area contributed by atoms with Crippen molar-refractivity contribution in [3.05, 3.63) is 12.2 Å². The first kappa shape index (κ1) is 10.4. The molecule has 2 aliphatic rings. The molecule has 0 aromatic heterocycles. The van der Waals surface area contributed by atoms with E-state index in [-0.39, 0.29) is 17.9 Å². The SMILES string of the molecule is COC(=O)CCC12C=CC(CC(=O)C1)O2. The Bertz CT molecular complexity index is 321.